The summed E-state index contributed by atoms with van der Waals surface area (Å²) in [6.07, 6.45) is 12.3. The average molecular weight is 283 g/mol. The van der Waals surface area contributed by atoms with E-state index in [2.05, 4.69) is 23.3 Å². The van der Waals surface area contributed by atoms with Crippen LogP contribution in [0, 0.1) is 0 Å². The Morgan fingerprint density at radius 2 is 1.53 bits per heavy atom. The van der Waals surface area contributed by atoms with E-state index in [-0.39, 0.29) is 5.24 Å². The fourth-order valence-corrected chi connectivity index (χ4v) is 3.15. The number of nitrogens with one attached hydrogen (secondary N) is 2. The van der Waals surface area contributed by atoms with Crippen LogP contribution in [0.1, 0.15) is 64.2 Å². The molecule has 2 N–H and O–H groups in total. The number of amides is 1. The molecule has 0 aromatic heterocycles. The minimum atomic E-state index is -0.335. The molecular weight excluding hydrogens is 258 g/mol. The maximum absolute atomic E-state index is 11.2. The molecule has 0 atom stereocenters. The molecule has 0 spiro atoms. The van der Waals surface area contributed by atoms with E-state index in [4.69, 9.17) is 4.99 Å². The van der Waals surface area contributed by atoms with Crippen molar-refractivity contribution in [2.45, 2.75) is 76.3 Å². The van der Waals surface area contributed by atoms with E-state index >= 15 is 0 Å². The van der Waals surface area contributed by atoms with Gasteiger partial charge < -0.3 is 5.32 Å². The van der Waals surface area contributed by atoms with Crippen molar-refractivity contribution in [3.63, 3.8) is 0 Å². The van der Waals surface area contributed by atoms with Gasteiger partial charge in [-0.2, -0.15) is 0 Å². The molecule has 19 heavy (non-hydrogen) atoms. The molecule has 108 valence electrons. The second-order valence-corrected chi connectivity index (χ2v) is 6.09. The molecule has 0 radical (unpaired) electrons. The molecule has 4 nitrogen and oxygen atoms in total. The van der Waals surface area contributed by atoms with Crippen molar-refractivity contribution in [3.8, 4) is 0 Å². The topological polar surface area (TPSA) is 53.5 Å². The summed E-state index contributed by atoms with van der Waals surface area (Å²) in [5.41, 5.74) is 0. The zero-order valence-electron chi connectivity index (χ0n) is 11.5. The number of guanidine groups is 1. The molecule has 1 amide bonds. The van der Waals surface area contributed by atoms with Gasteiger partial charge in [0.2, 0.25) is 0 Å². The minimum absolute atomic E-state index is 0.335. The van der Waals surface area contributed by atoms with Gasteiger partial charge in [0, 0.05) is 6.04 Å². The van der Waals surface area contributed by atoms with E-state index in [9.17, 15) is 4.79 Å². The normalized spacial score (nSPS) is 23.1. The Balaban J connectivity index is 1.92. The van der Waals surface area contributed by atoms with Gasteiger partial charge in [0.05, 0.1) is 6.04 Å². The van der Waals surface area contributed by atoms with Gasteiger partial charge in [0.1, 0.15) is 0 Å². The van der Waals surface area contributed by atoms with Gasteiger partial charge in [-0.3, -0.25) is 10.1 Å². The lowest BCUT2D eigenvalue weighted by Crippen LogP contribution is -2.45. The minimum Gasteiger partial charge on any atom is -0.353 e. The van der Waals surface area contributed by atoms with Crippen LogP contribution in [-0.4, -0.2) is 23.3 Å². The summed E-state index contributed by atoms with van der Waals surface area (Å²) >= 11 is 3.80. The average Bonchev–Trinajstić information content (AvgIpc) is 2.40. The van der Waals surface area contributed by atoms with E-state index < -0.39 is 0 Å². The zero-order valence-corrected chi connectivity index (χ0v) is 12.4. The lowest BCUT2D eigenvalue weighted by Gasteiger charge is -2.26. The highest BCUT2D eigenvalue weighted by Gasteiger charge is 2.18. The number of thiol groups is 1. The monoisotopic (exact) mass is 283 g/mol. The van der Waals surface area contributed by atoms with Gasteiger partial charge in [-0.05, 0) is 25.7 Å². The standard InChI is InChI=1S/C14H25N3OS/c18-14(19)17-13(15-11-7-3-1-4-8-11)16-12-9-5-2-6-10-12/h11-12H,1-10H2,(H3,15,16,17,18,19). The molecule has 0 aromatic carbocycles. The molecule has 0 aromatic rings. The number of carbonyl (C=O) groups excluding carboxylic acids is 1. The summed E-state index contributed by atoms with van der Waals surface area (Å²) in [7, 11) is 0. The Morgan fingerprint density at radius 1 is 0.947 bits per heavy atom. The van der Waals surface area contributed by atoms with Gasteiger partial charge in [-0.15, -0.1) is 0 Å². The molecule has 5 heteroatoms. The third-order valence-corrected chi connectivity index (χ3v) is 4.17. The van der Waals surface area contributed by atoms with Crippen molar-refractivity contribution in [1.29, 1.82) is 0 Å². The van der Waals surface area contributed by atoms with Crippen molar-refractivity contribution in [1.82, 2.24) is 10.6 Å². The van der Waals surface area contributed by atoms with Crippen LogP contribution in [0.25, 0.3) is 0 Å². The molecule has 2 saturated carbocycles. The van der Waals surface area contributed by atoms with Crippen LogP contribution < -0.4 is 10.6 Å². The SMILES string of the molecule is O=C(S)NC(=NC1CCCCC1)NC1CCCCC1. The largest absolute Gasteiger partial charge is 0.353 e. The molecule has 2 aliphatic rings. The Kier molecular flexibility index (Phi) is 6.01. The number of hydrogen-bond acceptors (Lipinski definition) is 2. The molecule has 2 fully saturated rings. The second kappa shape index (κ2) is 7.78. The second-order valence-electron chi connectivity index (χ2n) is 5.68. The highest BCUT2D eigenvalue weighted by atomic mass is 32.1. The summed E-state index contributed by atoms with van der Waals surface area (Å²) in [6.45, 7) is 0. The molecule has 2 rings (SSSR count). The molecule has 0 saturated heterocycles. The Hall–Kier alpha value is -0.710. The van der Waals surface area contributed by atoms with Crippen LogP contribution >= 0.6 is 12.6 Å². The van der Waals surface area contributed by atoms with Crippen LogP contribution in [0.4, 0.5) is 4.79 Å². The predicted molar refractivity (Wildman–Crippen MR) is 81.8 cm³/mol. The molecular formula is C14H25N3OS. The van der Waals surface area contributed by atoms with Crippen molar-refractivity contribution in [2.24, 2.45) is 4.99 Å². The fourth-order valence-electron chi connectivity index (χ4n) is 3.04. The molecule has 0 aliphatic heterocycles. The van der Waals surface area contributed by atoms with Gasteiger partial charge >= 0.3 is 0 Å². The Labute approximate surface area is 121 Å². The first kappa shape index (κ1) is 14.7. The summed E-state index contributed by atoms with van der Waals surface area (Å²) in [5, 5.41) is 5.81. The van der Waals surface area contributed by atoms with E-state index in [0.29, 0.717) is 18.0 Å². The summed E-state index contributed by atoms with van der Waals surface area (Å²) < 4.78 is 0. The van der Waals surface area contributed by atoms with Crippen molar-refractivity contribution >= 4 is 23.8 Å². The van der Waals surface area contributed by atoms with Gasteiger partial charge in [0.25, 0.3) is 5.24 Å². The number of nitrogens with zero attached hydrogens (tertiary/aromatic N) is 1. The molecule has 0 heterocycles. The van der Waals surface area contributed by atoms with Crippen molar-refractivity contribution in [3.05, 3.63) is 0 Å². The number of rotatable bonds is 2. The van der Waals surface area contributed by atoms with E-state index in [0.717, 1.165) is 12.8 Å². The summed E-state index contributed by atoms with van der Waals surface area (Å²) in [4.78, 5) is 15.9. The maximum Gasteiger partial charge on any atom is 0.282 e. The van der Waals surface area contributed by atoms with E-state index in [1.54, 1.807) is 0 Å². The van der Waals surface area contributed by atoms with Crippen molar-refractivity contribution in [2.75, 3.05) is 0 Å². The van der Waals surface area contributed by atoms with Gasteiger partial charge in [-0.1, -0.05) is 51.2 Å². The lowest BCUT2D eigenvalue weighted by atomic mass is 9.95. The third-order valence-electron chi connectivity index (χ3n) is 4.06. The highest BCUT2D eigenvalue weighted by Crippen LogP contribution is 2.21. The van der Waals surface area contributed by atoms with E-state index in [1.165, 1.54) is 51.4 Å². The first-order valence-electron chi connectivity index (χ1n) is 7.58. The molecule has 0 bridgehead atoms. The van der Waals surface area contributed by atoms with Gasteiger partial charge in [0.15, 0.2) is 5.96 Å². The quantitative estimate of drug-likeness (QED) is 0.414. The van der Waals surface area contributed by atoms with Crippen molar-refractivity contribution < 1.29 is 4.79 Å². The van der Waals surface area contributed by atoms with Crippen LogP contribution in [0.15, 0.2) is 4.99 Å². The van der Waals surface area contributed by atoms with Crippen LogP contribution in [0.3, 0.4) is 0 Å². The highest BCUT2D eigenvalue weighted by molar-refractivity contribution is 7.96. The van der Waals surface area contributed by atoms with Crippen LogP contribution in [0.2, 0.25) is 0 Å². The lowest BCUT2D eigenvalue weighted by molar-refractivity contribution is 0.264. The zero-order chi connectivity index (χ0) is 13.5. The van der Waals surface area contributed by atoms with Crippen LogP contribution in [-0.2, 0) is 0 Å². The molecule has 0 unspecified atom stereocenters. The first-order valence-corrected chi connectivity index (χ1v) is 8.03. The smallest absolute Gasteiger partial charge is 0.282 e. The first-order chi connectivity index (χ1) is 9.24. The maximum atomic E-state index is 11.2. The number of hydrogen-bond donors (Lipinski definition) is 3. The number of aliphatic imine (C=N–C) groups is 1. The summed E-state index contributed by atoms with van der Waals surface area (Å²) in [6, 6.07) is 0.816. The summed E-state index contributed by atoms with van der Waals surface area (Å²) in [5.74, 6) is 0.638. The number of carbonyl (C=O) groups is 1. The molecule has 2 aliphatic carbocycles. The predicted octanol–water partition coefficient (Wildman–Crippen LogP) is 3.24. The fraction of sp³-hybridized carbons (Fsp3) is 0.857. The van der Waals surface area contributed by atoms with Crippen LogP contribution in [0.5, 0.6) is 0 Å². The Morgan fingerprint density at radius 3 is 2.11 bits per heavy atom. The Bertz CT molecular complexity index is 321. The van der Waals surface area contributed by atoms with Gasteiger partial charge in [-0.25, -0.2) is 4.99 Å². The third kappa shape index (κ3) is 5.43. The van der Waals surface area contributed by atoms with E-state index in [1.807, 2.05) is 0 Å².